The summed E-state index contributed by atoms with van der Waals surface area (Å²) in [4.78, 5) is 0. The van der Waals surface area contributed by atoms with Crippen LogP contribution in [0, 0.1) is 11.8 Å². The predicted molar refractivity (Wildman–Crippen MR) is 82.3 cm³/mol. The van der Waals surface area contributed by atoms with E-state index in [-0.39, 0.29) is 0 Å². The zero-order valence-corrected chi connectivity index (χ0v) is 12.2. The summed E-state index contributed by atoms with van der Waals surface area (Å²) in [6.07, 6.45) is 14.9. The highest BCUT2D eigenvalue weighted by atomic mass is 14.3. The van der Waals surface area contributed by atoms with Gasteiger partial charge in [0.1, 0.15) is 0 Å². The molecular formula is C19H28. The first kappa shape index (κ1) is 13.2. The Labute approximate surface area is 118 Å². The third kappa shape index (κ3) is 3.61. The summed E-state index contributed by atoms with van der Waals surface area (Å²) in [7, 11) is 0. The van der Waals surface area contributed by atoms with Gasteiger partial charge in [-0.2, -0.15) is 0 Å². The van der Waals surface area contributed by atoms with Crippen molar-refractivity contribution in [3.05, 3.63) is 35.9 Å². The number of rotatable bonds is 3. The highest BCUT2D eigenvalue weighted by Crippen LogP contribution is 2.40. The van der Waals surface area contributed by atoms with Gasteiger partial charge in [-0.3, -0.25) is 0 Å². The van der Waals surface area contributed by atoms with Gasteiger partial charge in [0.25, 0.3) is 0 Å². The second kappa shape index (κ2) is 6.59. The molecule has 19 heavy (non-hydrogen) atoms. The molecule has 0 aromatic heterocycles. The Morgan fingerprint density at radius 3 is 2.26 bits per heavy atom. The zero-order valence-electron chi connectivity index (χ0n) is 12.2. The molecule has 0 aliphatic heterocycles. The minimum atomic E-state index is 0.851. The standard InChI is InChI=1S/C19H28/c1-3-8-16(9-4-1)14-17-10-7-13-19(15-17)18-11-5-2-6-12-18/h2,5-6,11-12,16-17,19H,1,3-4,7-10,13-15H2. The Kier molecular flexibility index (Phi) is 4.58. The Balaban J connectivity index is 1.55. The molecule has 0 heterocycles. The van der Waals surface area contributed by atoms with Crippen LogP contribution in [0.1, 0.15) is 75.7 Å². The fourth-order valence-corrected chi connectivity index (χ4v) is 4.43. The van der Waals surface area contributed by atoms with E-state index in [1.54, 1.807) is 5.56 Å². The van der Waals surface area contributed by atoms with Crippen molar-refractivity contribution in [1.82, 2.24) is 0 Å². The molecule has 0 bridgehead atoms. The van der Waals surface area contributed by atoms with Crippen molar-refractivity contribution in [2.24, 2.45) is 11.8 Å². The SMILES string of the molecule is c1ccc(C2CCCC(CC3CCCCC3)C2)cc1. The van der Waals surface area contributed by atoms with Gasteiger partial charge in [-0.15, -0.1) is 0 Å². The highest BCUT2D eigenvalue weighted by molar-refractivity contribution is 5.20. The molecule has 0 radical (unpaired) electrons. The van der Waals surface area contributed by atoms with Crippen LogP contribution in [0.4, 0.5) is 0 Å². The summed E-state index contributed by atoms with van der Waals surface area (Å²) in [6.45, 7) is 0. The first-order chi connectivity index (χ1) is 9.42. The summed E-state index contributed by atoms with van der Waals surface area (Å²) in [5, 5.41) is 0. The van der Waals surface area contributed by atoms with Crippen LogP contribution in [0.15, 0.2) is 30.3 Å². The molecule has 0 saturated heterocycles. The predicted octanol–water partition coefficient (Wildman–Crippen LogP) is 5.93. The van der Waals surface area contributed by atoms with E-state index >= 15 is 0 Å². The third-order valence-corrected chi connectivity index (χ3v) is 5.45. The van der Waals surface area contributed by atoms with Gasteiger partial charge in [0, 0.05) is 0 Å². The first-order valence-electron chi connectivity index (χ1n) is 8.47. The largest absolute Gasteiger partial charge is 0.0622 e. The molecule has 0 nitrogen and oxygen atoms in total. The van der Waals surface area contributed by atoms with E-state index < -0.39 is 0 Å². The zero-order chi connectivity index (χ0) is 12.9. The maximum Gasteiger partial charge on any atom is -0.0159 e. The van der Waals surface area contributed by atoms with Crippen molar-refractivity contribution in [3.8, 4) is 0 Å². The van der Waals surface area contributed by atoms with Crippen molar-refractivity contribution in [2.75, 3.05) is 0 Å². The molecule has 3 rings (SSSR count). The van der Waals surface area contributed by atoms with E-state index in [4.69, 9.17) is 0 Å². The number of benzene rings is 1. The second-order valence-electron chi connectivity index (χ2n) is 6.88. The third-order valence-electron chi connectivity index (χ3n) is 5.45. The molecule has 0 heteroatoms. The van der Waals surface area contributed by atoms with Crippen LogP contribution < -0.4 is 0 Å². The lowest BCUT2D eigenvalue weighted by Gasteiger charge is -2.33. The summed E-state index contributed by atoms with van der Waals surface area (Å²) >= 11 is 0. The van der Waals surface area contributed by atoms with Gasteiger partial charge in [0.05, 0.1) is 0 Å². The summed E-state index contributed by atoms with van der Waals surface area (Å²) in [6, 6.07) is 11.2. The lowest BCUT2D eigenvalue weighted by molar-refractivity contribution is 0.231. The van der Waals surface area contributed by atoms with E-state index in [0.29, 0.717) is 0 Å². The van der Waals surface area contributed by atoms with Gasteiger partial charge in [-0.05, 0) is 42.6 Å². The van der Waals surface area contributed by atoms with Gasteiger partial charge in [0.15, 0.2) is 0 Å². The van der Waals surface area contributed by atoms with Crippen LogP contribution >= 0.6 is 0 Å². The fraction of sp³-hybridized carbons (Fsp3) is 0.684. The highest BCUT2D eigenvalue weighted by Gasteiger charge is 2.26. The number of hydrogen-bond donors (Lipinski definition) is 0. The summed E-state index contributed by atoms with van der Waals surface area (Å²) in [5.41, 5.74) is 1.59. The van der Waals surface area contributed by atoms with Crippen LogP contribution in [0.25, 0.3) is 0 Å². The van der Waals surface area contributed by atoms with E-state index in [0.717, 1.165) is 17.8 Å². The van der Waals surface area contributed by atoms with Gasteiger partial charge < -0.3 is 0 Å². The minimum Gasteiger partial charge on any atom is -0.0622 e. The molecule has 0 spiro atoms. The van der Waals surface area contributed by atoms with Crippen molar-refractivity contribution < 1.29 is 0 Å². The Morgan fingerprint density at radius 2 is 1.47 bits per heavy atom. The van der Waals surface area contributed by atoms with Crippen LogP contribution in [0.2, 0.25) is 0 Å². The molecule has 0 N–H and O–H groups in total. The molecule has 1 aromatic carbocycles. The minimum absolute atomic E-state index is 0.851. The van der Waals surface area contributed by atoms with E-state index in [1.165, 1.54) is 64.2 Å². The van der Waals surface area contributed by atoms with Crippen molar-refractivity contribution in [2.45, 2.75) is 70.1 Å². The Hall–Kier alpha value is -0.780. The maximum absolute atomic E-state index is 2.34. The number of hydrogen-bond acceptors (Lipinski definition) is 0. The maximum atomic E-state index is 2.34. The molecule has 1 aromatic rings. The average Bonchev–Trinajstić information content (AvgIpc) is 2.49. The molecule has 2 aliphatic rings. The molecule has 2 atom stereocenters. The quantitative estimate of drug-likeness (QED) is 0.628. The lowest BCUT2D eigenvalue weighted by atomic mass is 9.73. The Morgan fingerprint density at radius 1 is 0.737 bits per heavy atom. The van der Waals surface area contributed by atoms with Crippen LogP contribution in [0.5, 0.6) is 0 Å². The molecule has 2 aliphatic carbocycles. The molecule has 2 unspecified atom stereocenters. The van der Waals surface area contributed by atoms with Crippen molar-refractivity contribution in [1.29, 1.82) is 0 Å². The van der Waals surface area contributed by atoms with Gasteiger partial charge >= 0.3 is 0 Å². The molecule has 2 fully saturated rings. The molecular weight excluding hydrogens is 228 g/mol. The van der Waals surface area contributed by atoms with Crippen LogP contribution in [-0.2, 0) is 0 Å². The monoisotopic (exact) mass is 256 g/mol. The van der Waals surface area contributed by atoms with Crippen LogP contribution in [0.3, 0.4) is 0 Å². The van der Waals surface area contributed by atoms with Gasteiger partial charge in [-0.1, -0.05) is 75.3 Å². The van der Waals surface area contributed by atoms with Crippen molar-refractivity contribution in [3.63, 3.8) is 0 Å². The van der Waals surface area contributed by atoms with Gasteiger partial charge in [0.2, 0.25) is 0 Å². The van der Waals surface area contributed by atoms with E-state index in [9.17, 15) is 0 Å². The van der Waals surface area contributed by atoms with Crippen molar-refractivity contribution >= 4 is 0 Å². The first-order valence-corrected chi connectivity index (χ1v) is 8.47. The fourth-order valence-electron chi connectivity index (χ4n) is 4.43. The van der Waals surface area contributed by atoms with E-state index in [2.05, 4.69) is 30.3 Å². The summed E-state index contributed by atoms with van der Waals surface area (Å²) < 4.78 is 0. The molecule has 0 amide bonds. The molecule has 2 saturated carbocycles. The van der Waals surface area contributed by atoms with Crippen LogP contribution in [-0.4, -0.2) is 0 Å². The smallest absolute Gasteiger partial charge is 0.0159 e. The molecule has 104 valence electrons. The second-order valence-corrected chi connectivity index (χ2v) is 6.88. The average molecular weight is 256 g/mol. The summed E-state index contributed by atoms with van der Waals surface area (Å²) in [5.74, 6) is 2.93. The Bertz CT molecular complexity index is 361. The normalized spacial score (nSPS) is 29.3. The van der Waals surface area contributed by atoms with E-state index in [1.807, 2.05) is 0 Å². The van der Waals surface area contributed by atoms with Gasteiger partial charge in [-0.25, -0.2) is 0 Å². The lowest BCUT2D eigenvalue weighted by Crippen LogP contribution is -2.18. The topological polar surface area (TPSA) is 0 Å².